The molecule has 1 aliphatic rings. The first kappa shape index (κ1) is 20.8. The number of carbonyl (C=O) groups is 2. The fourth-order valence-corrected chi connectivity index (χ4v) is 3.30. The Morgan fingerprint density at radius 3 is 2.69 bits per heavy atom. The first-order valence-corrected chi connectivity index (χ1v) is 9.22. The predicted octanol–water partition coefficient (Wildman–Crippen LogP) is 1.05. The van der Waals surface area contributed by atoms with Crippen LogP contribution in [0.1, 0.15) is 21.5 Å². The highest BCUT2D eigenvalue weighted by atomic mass is 16.5. The number of morpholine rings is 1. The minimum atomic E-state index is -0.729. The van der Waals surface area contributed by atoms with Gasteiger partial charge in [0.25, 0.3) is 0 Å². The second-order valence-corrected chi connectivity index (χ2v) is 6.63. The molecule has 0 spiro atoms. The number of rotatable bonds is 7. The van der Waals surface area contributed by atoms with Gasteiger partial charge < -0.3 is 28.6 Å². The summed E-state index contributed by atoms with van der Waals surface area (Å²) in [6.07, 6.45) is 0.274. The van der Waals surface area contributed by atoms with Gasteiger partial charge in [0, 0.05) is 26.3 Å². The van der Waals surface area contributed by atoms with E-state index < -0.39 is 5.63 Å². The van der Waals surface area contributed by atoms with Gasteiger partial charge in [-0.3, -0.25) is 9.59 Å². The van der Waals surface area contributed by atoms with E-state index in [4.69, 9.17) is 18.6 Å². The number of amides is 1. The van der Waals surface area contributed by atoms with Crippen LogP contribution in [-0.4, -0.2) is 68.8 Å². The summed E-state index contributed by atoms with van der Waals surface area (Å²) in [5.74, 6) is -0.333. The topological polar surface area (TPSA) is 116 Å². The SMILES string of the molecule is COCCOc1cc(O)c(C=O)c2oc(=O)c(CC(=O)N3CCOCC3)c(C)c12. The Morgan fingerprint density at radius 2 is 2.03 bits per heavy atom. The molecule has 9 heteroatoms. The number of carbonyl (C=O) groups excluding carboxylic acids is 2. The average molecular weight is 405 g/mol. The summed E-state index contributed by atoms with van der Waals surface area (Å²) in [4.78, 5) is 38.3. The predicted molar refractivity (Wildman–Crippen MR) is 103 cm³/mol. The molecule has 1 aliphatic heterocycles. The van der Waals surface area contributed by atoms with E-state index in [0.717, 1.165) is 0 Å². The fourth-order valence-electron chi connectivity index (χ4n) is 3.30. The average Bonchev–Trinajstić information content (AvgIpc) is 2.71. The van der Waals surface area contributed by atoms with Crippen molar-refractivity contribution in [2.75, 3.05) is 46.6 Å². The van der Waals surface area contributed by atoms with E-state index >= 15 is 0 Å². The van der Waals surface area contributed by atoms with E-state index in [9.17, 15) is 19.5 Å². The number of methoxy groups -OCH3 is 1. The van der Waals surface area contributed by atoms with Crippen molar-refractivity contribution in [1.82, 2.24) is 4.90 Å². The smallest absolute Gasteiger partial charge is 0.340 e. The van der Waals surface area contributed by atoms with Gasteiger partial charge in [0.15, 0.2) is 11.9 Å². The van der Waals surface area contributed by atoms with Crippen LogP contribution in [0.3, 0.4) is 0 Å². The molecule has 1 aromatic carbocycles. The lowest BCUT2D eigenvalue weighted by Gasteiger charge is -2.27. The molecule has 0 saturated carbocycles. The van der Waals surface area contributed by atoms with Crippen LogP contribution in [-0.2, 0) is 20.7 Å². The number of fused-ring (bicyclic) bond motifs is 1. The molecule has 2 aromatic rings. The summed E-state index contributed by atoms with van der Waals surface area (Å²) in [5, 5.41) is 10.5. The highest BCUT2D eigenvalue weighted by Crippen LogP contribution is 2.36. The Kier molecular flexibility index (Phi) is 6.50. The quantitative estimate of drug-likeness (QED) is 0.413. The summed E-state index contributed by atoms with van der Waals surface area (Å²) in [6, 6.07) is 1.29. The van der Waals surface area contributed by atoms with Gasteiger partial charge in [-0.1, -0.05) is 0 Å². The number of phenolic OH excluding ortho intramolecular Hbond substituents is 1. The van der Waals surface area contributed by atoms with Crippen molar-refractivity contribution in [2.45, 2.75) is 13.3 Å². The van der Waals surface area contributed by atoms with Gasteiger partial charge in [0.2, 0.25) is 5.91 Å². The van der Waals surface area contributed by atoms with Crippen molar-refractivity contribution in [2.24, 2.45) is 0 Å². The first-order chi connectivity index (χ1) is 14.0. The molecule has 0 unspecified atom stereocenters. The van der Waals surface area contributed by atoms with E-state index in [0.29, 0.717) is 50.1 Å². The fraction of sp³-hybridized carbons (Fsp3) is 0.450. The van der Waals surface area contributed by atoms with Crippen molar-refractivity contribution in [3.63, 3.8) is 0 Å². The van der Waals surface area contributed by atoms with E-state index in [2.05, 4.69) is 0 Å². The maximum atomic E-state index is 12.6. The van der Waals surface area contributed by atoms with Crippen molar-refractivity contribution in [3.8, 4) is 11.5 Å². The Morgan fingerprint density at radius 1 is 1.31 bits per heavy atom. The van der Waals surface area contributed by atoms with E-state index in [1.165, 1.54) is 13.2 Å². The van der Waals surface area contributed by atoms with Gasteiger partial charge in [-0.05, 0) is 12.5 Å². The molecule has 1 fully saturated rings. The lowest BCUT2D eigenvalue weighted by molar-refractivity contribution is -0.134. The van der Waals surface area contributed by atoms with Gasteiger partial charge in [0.05, 0.1) is 42.8 Å². The zero-order chi connectivity index (χ0) is 21.0. The highest BCUT2D eigenvalue weighted by molar-refractivity contribution is 6.02. The van der Waals surface area contributed by atoms with Crippen molar-refractivity contribution >= 4 is 23.2 Å². The minimum absolute atomic E-state index is 0.0718. The lowest BCUT2D eigenvalue weighted by atomic mass is 9.99. The van der Waals surface area contributed by atoms with Gasteiger partial charge in [-0.25, -0.2) is 4.79 Å². The van der Waals surface area contributed by atoms with E-state index in [1.807, 2.05) is 0 Å². The summed E-state index contributed by atoms with van der Waals surface area (Å²) < 4.78 is 21.2. The normalized spacial score (nSPS) is 14.2. The molecular weight excluding hydrogens is 382 g/mol. The molecule has 2 heterocycles. The standard InChI is InChI=1S/C20H23NO8/c1-12-13(9-17(24)21-3-5-27-6-4-21)20(25)29-19-14(11-22)15(23)10-16(18(12)19)28-8-7-26-2/h10-11,23H,3-9H2,1-2H3. The largest absolute Gasteiger partial charge is 0.507 e. The van der Waals surface area contributed by atoms with E-state index in [-0.39, 0.29) is 47.1 Å². The van der Waals surface area contributed by atoms with E-state index in [1.54, 1.807) is 11.8 Å². The molecule has 1 amide bonds. The molecular formula is C20H23NO8. The molecule has 0 atom stereocenters. The van der Waals surface area contributed by atoms with Crippen LogP contribution in [0.15, 0.2) is 15.3 Å². The number of aldehydes is 1. The maximum absolute atomic E-state index is 12.6. The number of hydrogen-bond acceptors (Lipinski definition) is 8. The van der Waals surface area contributed by atoms with Crippen molar-refractivity contribution in [3.05, 3.63) is 33.2 Å². The lowest BCUT2D eigenvalue weighted by Crippen LogP contribution is -2.42. The molecule has 156 valence electrons. The highest BCUT2D eigenvalue weighted by Gasteiger charge is 2.24. The number of nitrogens with zero attached hydrogens (tertiary/aromatic N) is 1. The van der Waals surface area contributed by atoms with Crippen LogP contribution in [0.5, 0.6) is 11.5 Å². The second kappa shape index (κ2) is 9.06. The van der Waals surface area contributed by atoms with Crippen LogP contribution in [0.4, 0.5) is 0 Å². The monoisotopic (exact) mass is 405 g/mol. The molecule has 9 nitrogen and oxygen atoms in total. The van der Waals surface area contributed by atoms with Crippen LogP contribution >= 0.6 is 0 Å². The Bertz CT molecular complexity index is 975. The zero-order valence-corrected chi connectivity index (χ0v) is 16.4. The minimum Gasteiger partial charge on any atom is -0.507 e. The molecule has 1 N–H and O–H groups in total. The number of ether oxygens (including phenoxy) is 3. The van der Waals surface area contributed by atoms with Gasteiger partial charge >= 0.3 is 5.63 Å². The van der Waals surface area contributed by atoms with Crippen LogP contribution in [0, 0.1) is 6.92 Å². The molecule has 1 saturated heterocycles. The van der Waals surface area contributed by atoms with Crippen molar-refractivity contribution < 1.29 is 33.3 Å². The third-order valence-electron chi connectivity index (χ3n) is 4.89. The van der Waals surface area contributed by atoms with Crippen LogP contribution in [0.2, 0.25) is 0 Å². The molecule has 3 rings (SSSR count). The molecule has 1 aromatic heterocycles. The maximum Gasteiger partial charge on any atom is 0.340 e. The van der Waals surface area contributed by atoms with Gasteiger partial charge in [-0.15, -0.1) is 0 Å². The molecule has 29 heavy (non-hydrogen) atoms. The van der Waals surface area contributed by atoms with Crippen molar-refractivity contribution in [1.29, 1.82) is 0 Å². The first-order valence-electron chi connectivity index (χ1n) is 9.22. The number of benzene rings is 1. The second-order valence-electron chi connectivity index (χ2n) is 6.63. The van der Waals surface area contributed by atoms with Gasteiger partial charge in [-0.2, -0.15) is 0 Å². The zero-order valence-electron chi connectivity index (χ0n) is 16.4. The summed E-state index contributed by atoms with van der Waals surface area (Å²) in [6.45, 7) is 3.99. The molecule has 0 radical (unpaired) electrons. The molecule has 0 aliphatic carbocycles. The number of hydrogen-bond donors (Lipinski definition) is 1. The van der Waals surface area contributed by atoms with Crippen LogP contribution in [0.25, 0.3) is 11.0 Å². The molecule has 0 bridgehead atoms. The number of aromatic hydroxyl groups is 1. The Labute approximate surface area is 166 Å². The third-order valence-corrected chi connectivity index (χ3v) is 4.89. The Balaban J connectivity index is 2.08. The third kappa shape index (κ3) is 4.25. The van der Waals surface area contributed by atoms with Crippen LogP contribution < -0.4 is 10.4 Å². The summed E-state index contributed by atoms with van der Waals surface area (Å²) >= 11 is 0. The van der Waals surface area contributed by atoms with Gasteiger partial charge in [0.1, 0.15) is 18.1 Å². The number of aryl methyl sites for hydroxylation is 1. The number of phenols is 1. The summed E-state index contributed by atoms with van der Waals surface area (Å²) in [7, 11) is 1.52. The Hall–Kier alpha value is -2.91. The summed E-state index contributed by atoms with van der Waals surface area (Å²) in [5.41, 5.74) is -0.294.